The number of benzene rings is 1. The van der Waals surface area contributed by atoms with Gasteiger partial charge in [-0.05, 0) is 26.0 Å². The number of nitrogens with one attached hydrogen (secondary N) is 1. The van der Waals surface area contributed by atoms with Crippen LogP contribution in [0.3, 0.4) is 0 Å². The third-order valence-electron chi connectivity index (χ3n) is 4.03. The summed E-state index contributed by atoms with van der Waals surface area (Å²) in [5.74, 6) is -1.28. The summed E-state index contributed by atoms with van der Waals surface area (Å²) in [5.41, 5.74) is -2.11. The van der Waals surface area contributed by atoms with Gasteiger partial charge in [0.1, 0.15) is 10.7 Å². The number of para-hydroxylation sites is 1. The quantitative estimate of drug-likeness (QED) is 0.497. The van der Waals surface area contributed by atoms with Crippen LogP contribution in [0.5, 0.6) is 0 Å². The fraction of sp³-hybridized carbons (Fsp3) is 0.278. The first-order valence-electron chi connectivity index (χ1n) is 8.84. The van der Waals surface area contributed by atoms with E-state index < -0.39 is 44.0 Å². The van der Waals surface area contributed by atoms with Gasteiger partial charge in [-0.2, -0.15) is 5.10 Å². The summed E-state index contributed by atoms with van der Waals surface area (Å²) in [6.45, 7) is 3.21. The second kappa shape index (κ2) is 8.24. The van der Waals surface area contributed by atoms with E-state index in [1.165, 1.54) is 17.1 Å². The Bertz CT molecular complexity index is 1210. The highest BCUT2D eigenvalue weighted by Crippen LogP contribution is 2.32. The fourth-order valence-corrected chi connectivity index (χ4v) is 3.49. The lowest BCUT2D eigenvalue weighted by Gasteiger charge is -2.16. The molecule has 31 heavy (non-hydrogen) atoms. The van der Waals surface area contributed by atoms with Gasteiger partial charge in [-0.25, -0.2) is 36.7 Å². The van der Waals surface area contributed by atoms with Crippen LogP contribution in [0.2, 0.25) is 0 Å². The monoisotopic (exact) mass is 456 g/mol. The fourth-order valence-electron chi connectivity index (χ4n) is 2.79. The van der Waals surface area contributed by atoms with Crippen molar-refractivity contribution in [2.24, 2.45) is 5.14 Å². The molecule has 0 spiro atoms. The topological polar surface area (TPSA) is 136 Å². The summed E-state index contributed by atoms with van der Waals surface area (Å²) in [7, 11) is -4.29. The Morgan fingerprint density at radius 1 is 1.29 bits per heavy atom. The maximum Gasteiger partial charge on any atom is 0.267 e. The molecule has 0 aliphatic heterocycles. The van der Waals surface area contributed by atoms with Crippen LogP contribution in [0, 0.1) is 5.82 Å². The highest BCUT2D eigenvalue weighted by atomic mass is 32.2. The van der Waals surface area contributed by atoms with Crippen molar-refractivity contribution >= 4 is 21.7 Å². The molecule has 0 aliphatic rings. The van der Waals surface area contributed by atoms with Crippen LogP contribution in [-0.4, -0.2) is 38.9 Å². The van der Waals surface area contributed by atoms with E-state index in [1.807, 2.05) is 0 Å². The molecule has 13 heteroatoms. The Labute approximate surface area is 175 Å². The summed E-state index contributed by atoms with van der Waals surface area (Å²) < 4.78 is 66.1. The van der Waals surface area contributed by atoms with Crippen molar-refractivity contribution < 1.29 is 26.7 Å². The number of nitrogens with zero attached hydrogens (tertiary/aromatic N) is 4. The van der Waals surface area contributed by atoms with E-state index in [9.17, 15) is 26.7 Å². The molecule has 0 bridgehead atoms. The highest BCUT2D eigenvalue weighted by molar-refractivity contribution is 7.89. The van der Waals surface area contributed by atoms with E-state index in [0.29, 0.717) is 0 Å². The number of hydrogen-bond donors (Lipinski definition) is 3. The Morgan fingerprint density at radius 3 is 2.61 bits per heavy atom. The van der Waals surface area contributed by atoms with Crippen molar-refractivity contribution in [2.45, 2.75) is 37.3 Å². The maximum absolute atomic E-state index is 14.3. The zero-order chi connectivity index (χ0) is 23.0. The maximum atomic E-state index is 14.3. The van der Waals surface area contributed by atoms with Crippen molar-refractivity contribution in [3.8, 4) is 11.3 Å². The second-order valence-corrected chi connectivity index (χ2v) is 8.85. The van der Waals surface area contributed by atoms with E-state index in [2.05, 4.69) is 20.4 Å². The van der Waals surface area contributed by atoms with Crippen molar-refractivity contribution in [3.05, 3.63) is 48.2 Å². The predicted octanol–water partition coefficient (Wildman–Crippen LogP) is 2.58. The number of alkyl halides is 2. The normalized spacial score (nSPS) is 12.4. The lowest BCUT2D eigenvalue weighted by Crippen LogP contribution is -2.26. The van der Waals surface area contributed by atoms with Gasteiger partial charge < -0.3 is 10.4 Å². The molecule has 3 rings (SSSR count). The van der Waals surface area contributed by atoms with E-state index >= 15 is 0 Å². The third kappa shape index (κ3) is 5.37. The van der Waals surface area contributed by atoms with E-state index in [-0.39, 0.29) is 23.8 Å². The molecule has 0 saturated heterocycles. The number of rotatable bonds is 7. The van der Waals surface area contributed by atoms with E-state index in [0.717, 1.165) is 24.4 Å². The number of anilines is 2. The first-order valence-corrected chi connectivity index (χ1v) is 10.4. The van der Waals surface area contributed by atoms with Crippen molar-refractivity contribution in [1.82, 2.24) is 19.7 Å². The third-order valence-corrected chi connectivity index (χ3v) is 4.98. The number of aliphatic hydroxyl groups is 1. The SMILES string of the molecule is CC(C)(O)Cn1cc(-c2nc(Nc3c(F)cccc3S(N)(=O)=O)ncc2C(F)F)cn1. The molecule has 0 aliphatic carbocycles. The zero-order valence-corrected chi connectivity index (χ0v) is 17.2. The van der Waals surface area contributed by atoms with Crippen LogP contribution in [-0.2, 0) is 16.6 Å². The Balaban J connectivity index is 2.05. The molecule has 0 saturated carbocycles. The average Bonchev–Trinajstić information content (AvgIpc) is 3.08. The minimum atomic E-state index is -4.29. The number of hydrogen-bond acceptors (Lipinski definition) is 7. The summed E-state index contributed by atoms with van der Waals surface area (Å²) >= 11 is 0. The van der Waals surface area contributed by atoms with Crippen molar-refractivity contribution in [3.63, 3.8) is 0 Å². The lowest BCUT2D eigenvalue weighted by atomic mass is 10.1. The summed E-state index contributed by atoms with van der Waals surface area (Å²) in [6.07, 6.45) is 0.618. The Hall–Kier alpha value is -3.03. The molecule has 2 aromatic heterocycles. The van der Waals surface area contributed by atoms with Crippen LogP contribution >= 0.6 is 0 Å². The number of primary sulfonamides is 1. The minimum Gasteiger partial charge on any atom is -0.389 e. The second-order valence-electron chi connectivity index (χ2n) is 7.32. The van der Waals surface area contributed by atoms with Gasteiger partial charge in [0, 0.05) is 18.0 Å². The Morgan fingerprint density at radius 2 is 2.00 bits per heavy atom. The number of nitrogens with two attached hydrogens (primary N) is 1. The smallest absolute Gasteiger partial charge is 0.267 e. The largest absolute Gasteiger partial charge is 0.389 e. The van der Waals surface area contributed by atoms with E-state index in [1.54, 1.807) is 13.8 Å². The van der Waals surface area contributed by atoms with Crippen LogP contribution in [0.1, 0.15) is 25.8 Å². The van der Waals surface area contributed by atoms with Gasteiger partial charge in [-0.1, -0.05) is 6.07 Å². The standard InChI is InChI=1S/C18H19F3N6O3S/c1-18(2,28)9-27-8-10(6-24-27)14-11(16(20)21)7-23-17(25-14)26-15-12(19)4-3-5-13(15)31(22,29)30/h3-8,16,28H,9H2,1-2H3,(H2,22,29,30)(H,23,25,26). The first-order chi connectivity index (χ1) is 14.3. The zero-order valence-electron chi connectivity index (χ0n) is 16.4. The van der Waals surface area contributed by atoms with Gasteiger partial charge in [-0.15, -0.1) is 0 Å². The predicted molar refractivity (Wildman–Crippen MR) is 106 cm³/mol. The van der Waals surface area contributed by atoms with Crippen molar-refractivity contribution in [1.29, 1.82) is 0 Å². The van der Waals surface area contributed by atoms with Crippen LogP contribution in [0.4, 0.5) is 24.8 Å². The van der Waals surface area contributed by atoms with Crippen LogP contribution in [0.15, 0.2) is 41.7 Å². The molecular formula is C18H19F3N6O3S. The summed E-state index contributed by atoms with van der Waals surface area (Å²) in [6, 6.07) is 3.23. The van der Waals surface area contributed by atoms with Gasteiger partial charge >= 0.3 is 0 Å². The molecule has 4 N–H and O–H groups in total. The van der Waals surface area contributed by atoms with Gasteiger partial charge in [0.25, 0.3) is 6.43 Å². The van der Waals surface area contributed by atoms with E-state index in [4.69, 9.17) is 5.14 Å². The molecule has 1 aromatic carbocycles. The molecular weight excluding hydrogens is 437 g/mol. The number of halogens is 3. The molecule has 0 fully saturated rings. The lowest BCUT2D eigenvalue weighted by molar-refractivity contribution is 0.0577. The van der Waals surface area contributed by atoms with Gasteiger partial charge in [0.2, 0.25) is 16.0 Å². The molecule has 0 unspecified atom stereocenters. The molecule has 0 amide bonds. The van der Waals surface area contributed by atoms with Crippen LogP contribution in [0.25, 0.3) is 11.3 Å². The summed E-state index contributed by atoms with van der Waals surface area (Å²) in [5, 5.41) is 21.4. The van der Waals surface area contributed by atoms with Crippen molar-refractivity contribution in [2.75, 3.05) is 5.32 Å². The Kier molecular flexibility index (Phi) is 6.02. The van der Waals surface area contributed by atoms with Crippen LogP contribution < -0.4 is 10.5 Å². The molecule has 3 aromatic rings. The molecule has 2 heterocycles. The first kappa shape index (κ1) is 22.7. The molecule has 166 valence electrons. The number of aromatic nitrogens is 4. The highest BCUT2D eigenvalue weighted by Gasteiger charge is 2.22. The van der Waals surface area contributed by atoms with Gasteiger partial charge in [-0.3, -0.25) is 4.68 Å². The molecule has 9 nitrogen and oxygen atoms in total. The van der Waals surface area contributed by atoms with Gasteiger partial charge in [0.15, 0.2) is 0 Å². The average molecular weight is 456 g/mol. The minimum absolute atomic E-state index is 0.0974. The number of sulfonamides is 1. The summed E-state index contributed by atoms with van der Waals surface area (Å²) in [4.78, 5) is 7.21. The molecule has 0 radical (unpaired) electrons. The molecule has 0 atom stereocenters. The van der Waals surface area contributed by atoms with Gasteiger partial charge in [0.05, 0.1) is 35.3 Å².